The van der Waals surface area contributed by atoms with E-state index in [0.717, 1.165) is 22.2 Å². The molecule has 0 spiro atoms. The quantitative estimate of drug-likeness (QED) is 0.703. The topological polar surface area (TPSA) is 86.0 Å². The minimum absolute atomic E-state index is 0.0818. The molecule has 1 aliphatic rings. The molecule has 0 N–H and O–H groups in total. The summed E-state index contributed by atoms with van der Waals surface area (Å²) < 4.78 is 6.92. The predicted octanol–water partition coefficient (Wildman–Crippen LogP) is 0.827. The van der Waals surface area contributed by atoms with E-state index in [1.807, 2.05) is 30.3 Å². The van der Waals surface area contributed by atoms with Gasteiger partial charge in [0.15, 0.2) is 0 Å². The maximum Gasteiger partial charge on any atom is 0.228 e. The Balaban J connectivity index is 1.59. The number of rotatable bonds is 3. The van der Waals surface area contributed by atoms with Gasteiger partial charge in [-0.25, -0.2) is 0 Å². The Kier molecular flexibility index (Phi) is 4.10. The lowest BCUT2D eigenvalue weighted by molar-refractivity contribution is -0.134. The van der Waals surface area contributed by atoms with Crippen molar-refractivity contribution < 1.29 is 9.53 Å². The lowest BCUT2D eigenvalue weighted by Crippen LogP contribution is -2.41. The molecular weight excluding hydrogens is 320 g/mol. The summed E-state index contributed by atoms with van der Waals surface area (Å²) in [7, 11) is 1.82. The number of aromatic nitrogens is 5. The van der Waals surface area contributed by atoms with E-state index in [0.29, 0.717) is 38.4 Å². The highest BCUT2D eigenvalue weighted by Gasteiger charge is 2.17. The van der Waals surface area contributed by atoms with E-state index in [1.54, 1.807) is 17.1 Å². The van der Waals surface area contributed by atoms with Crippen LogP contribution in [-0.4, -0.2) is 62.1 Å². The van der Waals surface area contributed by atoms with E-state index in [1.165, 1.54) is 0 Å². The SMILES string of the molecule is Cn1cc(-c2cc3cc(CC(=O)N4CCOCC4)ncc3cn2)nn1. The first-order chi connectivity index (χ1) is 12.2. The standard InChI is InChI=1S/C17H18N6O2/c1-22-11-16(20-21-22)15-7-12-6-14(18-9-13(12)10-19-15)8-17(24)23-2-4-25-5-3-23/h6-7,9-11H,2-5,8H2,1H3. The Morgan fingerprint density at radius 2 is 1.92 bits per heavy atom. The van der Waals surface area contributed by atoms with Gasteiger partial charge in [-0.3, -0.25) is 19.4 Å². The molecule has 8 heteroatoms. The summed E-state index contributed by atoms with van der Waals surface area (Å²) in [5.74, 6) is 0.0818. The van der Waals surface area contributed by atoms with Crippen molar-refractivity contribution in [3.63, 3.8) is 0 Å². The van der Waals surface area contributed by atoms with Crippen molar-refractivity contribution in [3.05, 3.63) is 36.4 Å². The minimum atomic E-state index is 0.0818. The number of nitrogens with zero attached hydrogens (tertiary/aromatic N) is 6. The Hall–Kier alpha value is -2.87. The fourth-order valence-corrected chi connectivity index (χ4v) is 2.86. The minimum Gasteiger partial charge on any atom is -0.378 e. The van der Waals surface area contributed by atoms with Crippen LogP contribution in [0, 0.1) is 0 Å². The van der Waals surface area contributed by atoms with Gasteiger partial charge >= 0.3 is 0 Å². The third-order valence-corrected chi connectivity index (χ3v) is 4.22. The first kappa shape index (κ1) is 15.6. The number of morpholine rings is 1. The zero-order chi connectivity index (χ0) is 17.2. The molecule has 1 amide bonds. The smallest absolute Gasteiger partial charge is 0.228 e. The van der Waals surface area contributed by atoms with Crippen LogP contribution in [0.2, 0.25) is 0 Å². The molecule has 0 saturated carbocycles. The monoisotopic (exact) mass is 338 g/mol. The van der Waals surface area contributed by atoms with Gasteiger partial charge in [-0.2, -0.15) is 0 Å². The normalized spacial score (nSPS) is 14.8. The molecule has 0 aliphatic carbocycles. The van der Waals surface area contributed by atoms with Gasteiger partial charge < -0.3 is 9.64 Å². The van der Waals surface area contributed by atoms with Gasteiger partial charge in [-0.05, 0) is 17.5 Å². The molecule has 0 radical (unpaired) electrons. The van der Waals surface area contributed by atoms with Crippen LogP contribution in [0.5, 0.6) is 0 Å². The molecule has 1 aliphatic heterocycles. The van der Waals surface area contributed by atoms with Crippen LogP contribution in [0.3, 0.4) is 0 Å². The molecule has 3 aromatic heterocycles. The largest absolute Gasteiger partial charge is 0.378 e. The lowest BCUT2D eigenvalue weighted by atomic mass is 10.1. The lowest BCUT2D eigenvalue weighted by Gasteiger charge is -2.26. The average Bonchev–Trinajstić information content (AvgIpc) is 3.08. The number of hydrogen-bond donors (Lipinski definition) is 0. The highest BCUT2D eigenvalue weighted by Crippen LogP contribution is 2.20. The molecule has 0 bridgehead atoms. The molecule has 0 aromatic carbocycles. The van der Waals surface area contributed by atoms with E-state index in [9.17, 15) is 4.79 Å². The van der Waals surface area contributed by atoms with Gasteiger partial charge in [0.1, 0.15) is 5.69 Å². The van der Waals surface area contributed by atoms with Crippen molar-refractivity contribution in [1.29, 1.82) is 0 Å². The number of ether oxygens (including phenoxy) is 1. The molecular formula is C17H18N6O2. The van der Waals surface area contributed by atoms with E-state index in [2.05, 4.69) is 20.3 Å². The molecule has 1 saturated heterocycles. The second-order valence-electron chi connectivity index (χ2n) is 6.04. The van der Waals surface area contributed by atoms with Crippen LogP contribution in [0.15, 0.2) is 30.7 Å². The van der Waals surface area contributed by atoms with E-state index in [-0.39, 0.29) is 5.91 Å². The molecule has 0 unspecified atom stereocenters. The fraction of sp³-hybridized carbons (Fsp3) is 0.353. The van der Waals surface area contributed by atoms with Crippen LogP contribution in [0.4, 0.5) is 0 Å². The first-order valence-corrected chi connectivity index (χ1v) is 8.16. The summed E-state index contributed by atoms with van der Waals surface area (Å²) in [6.45, 7) is 2.49. The van der Waals surface area contributed by atoms with Crippen LogP contribution >= 0.6 is 0 Å². The van der Waals surface area contributed by atoms with Gasteiger partial charge in [0.25, 0.3) is 0 Å². The second kappa shape index (κ2) is 6.56. The van der Waals surface area contributed by atoms with Gasteiger partial charge in [-0.15, -0.1) is 5.10 Å². The zero-order valence-electron chi connectivity index (χ0n) is 13.9. The molecule has 8 nitrogen and oxygen atoms in total. The summed E-state index contributed by atoms with van der Waals surface area (Å²) in [5.41, 5.74) is 2.21. The average molecular weight is 338 g/mol. The number of fused-ring (bicyclic) bond motifs is 1. The second-order valence-corrected chi connectivity index (χ2v) is 6.04. The zero-order valence-corrected chi connectivity index (χ0v) is 13.9. The first-order valence-electron chi connectivity index (χ1n) is 8.16. The Morgan fingerprint density at radius 1 is 1.12 bits per heavy atom. The molecule has 1 fully saturated rings. The van der Waals surface area contributed by atoms with Crippen molar-refractivity contribution in [2.45, 2.75) is 6.42 Å². The predicted molar refractivity (Wildman–Crippen MR) is 90.6 cm³/mol. The molecule has 0 atom stereocenters. The number of amides is 1. The van der Waals surface area contributed by atoms with Crippen LogP contribution in [-0.2, 0) is 23.0 Å². The summed E-state index contributed by atoms with van der Waals surface area (Å²) in [6, 6.07) is 3.89. The summed E-state index contributed by atoms with van der Waals surface area (Å²) in [6.07, 6.45) is 5.63. The van der Waals surface area contributed by atoms with E-state index in [4.69, 9.17) is 4.74 Å². The summed E-state index contributed by atoms with van der Waals surface area (Å²) >= 11 is 0. The number of aryl methyl sites for hydroxylation is 1. The van der Waals surface area contributed by atoms with Crippen LogP contribution in [0.25, 0.3) is 22.2 Å². The van der Waals surface area contributed by atoms with Gasteiger partial charge in [0.05, 0.1) is 37.2 Å². The van der Waals surface area contributed by atoms with Gasteiger partial charge in [-0.1, -0.05) is 5.21 Å². The third-order valence-electron chi connectivity index (χ3n) is 4.22. The highest BCUT2D eigenvalue weighted by molar-refractivity contribution is 5.86. The maximum atomic E-state index is 12.4. The Labute approximate surface area is 144 Å². The van der Waals surface area contributed by atoms with Crippen LogP contribution in [0.1, 0.15) is 5.69 Å². The van der Waals surface area contributed by atoms with Gasteiger partial charge in [0.2, 0.25) is 5.91 Å². The third kappa shape index (κ3) is 3.34. The molecule has 4 heterocycles. The van der Waals surface area contributed by atoms with Crippen molar-refractivity contribution in [2.75, 3.05) is 26.3 Å². The molecule has 3 aromatic rings. The number of hydrogen-bond acceptors (Lipinski definition) is 6. The van der Waals surface area contributed by atoms with Crippen molar-refractivity contribution in [3.8, 4) is 11.4 Å². The fourth-order valence-electron chi connectivity index (χ4n) is 2.86. The highest BCUT2D eigenvalue weighted by atomic mass is 16.5. The van der Waals surface area contributed by atoms with Crippen molar-refractivity contribution in [1.82, 2.24) is 29.9 Å². The number of carbonyl (C=O) groups excluding carboxylic acids is 1. The number of carbonyl (C=O) groups is 1. The molecule has 25 heavy (non-hydrogen) atoms. The van der Waals surface area contributed by atoms with Crippen LogP contribution < -0.4 is 0 Å². The summed E-state index contributed by atoms with van der Waals surface area (Å²) in [5, 5.41) is 9.93. The van der Waals surface area contributed by atoms with E-state index >= 15 is 0 Å². The van der Waals surface area contributed by atoms with Gasteiger partial charge in [0, 0.05) is 37.9 Å². The molecule has 128 valence electrons. The Bertz CT molecular complexity index is 916. The van der Waals surface area contributed by atoms with E-state index < -0.39 is 0 Å². The molecule has 4 rings (SSSR count). The maximum absolute atomic E-state index is 12.4. The van der Waals surface area contributed by atoms with Crippen molar-refractivity contribution in [2.24, 2.45) is 7.05 Å². The van der Waals surface area contributed by atoms with Crippen molar-refractivity contribution >= 4 is 16.7 Å². The summed E-state index contributed by atoms with van der Waals surface area (Å²) in [4.78, 5) is 23.0. The Morgan fingerprint density at radius 3 is 2.68 bits per heavy atom. The number of pyridine rings is 2.